The fraction of sp³-hybridized carbons (Fsp3) is 0.375. The first-order chi connectivity index (χ1) is 14.9. The van der Waals surface area contributed by atoms with Crippen LogP contribution >= 0.6 is 11.6 Å². The third-order valence-electron chi connectivity index (χ3n) is 4.59. The van der Waals surface area contributed by atoms with Gasteiger partial charge in [0.15, 0.2) is 0 Å². The zero-order valence-corrected chi connectivity index (χ0v) is 18.6. The summed E-state index contributed by atoms with van der Waals surface area (Å²) in [6.07, 6.45) is 0.698. The molecule has 2 amide bonds. The lowest BCUT2D eigenvalue weighted by Gasteiger charge is -2.23. The summed E-state index contributed by atoms with van der Waals surface area (Å²) in [5.41, 5.74) is 1.74. The average molecular weight is 445 g/mol. The molecule has 2 aromatic rings. The minimum absolute atomic E-state index is 0.126. The summed E-state index contributed by atoms with van der Waals surface area (Å²) in [6, 6.07) is 17.0. The van der Waals surface area contributed by atoms with Crippen molar-refractivity contribution in [1.29, 1.82) is 0 Å². The van der Waals surface area contributed by atoms with Crippen molar-refractivity contribution >= 4 is 29.4 Å². The Morgan fingerprint density at radius 2 is 1.45 bits per heavy atom. The number of amides is 2. The van der Waals surface area contributed by atoms with Crippen LogP contribution in [0.2, 0.25) is 0 Å². The number of esters is 1. The highest BCUT2D eigenvalue weighted by atomic mass is 35.5. The number of alkyl halides is 1. The van der Waals surface area contributed by atoms with E-state index in [1.54, 1.807) is 0 Å². The molecule has 2 atom stereocenters. The maximum atomic E-state index is 13.0. The Labute approximate surface area is 188 Å². The van der Waals surface area contributed by atoms with Crippen LogP contribution in [0.4, 0.5) is 0 Å². The Bertz CT molecular complexity index is 843. The molecule has 0 spiro atoms. The van der Waals surface area contributed by atoms with Gasteiger partial charge in [-0.05, 0) is 23.5 Å². The molecule has 0 aliphatic rings. The van der Waals surface area contributed by atoms with Crippen LogP contribution in [0.15, 0.2) is 60.7 Å². The summed E-state index contributed by atoms with van der Waals surface area (Å²) in [7, 11) is 0. The first kappa shape index (κ1) is 24.4. The van der Waals surface area contributed by atoms with Gasteiger partial charge >= 0.3 is 5.97 Å². The van der Waals surface area contributed by atoms with Crippen LogP contribution in [0.5, 0.6) is 0 Å². The van der Waals surface area contributed by atoms with E-state index in [9.17, 15) is 14.4 Å². The van der Waals surface area contributed by atoms with E-state index in [0.717, 1.165) is 11.1 Å². The molecule has 0 aliphatic carbocycles. The highest BCUT2D eigenvalue weighted by Crippen LogP contribution is 2.10. The van der Waals surface area contributed by atoms with Gasteiger partial charge in [0.05, 0.1) is 0 Å². The molecule has 0 saturated carbocycles. The highest BCUT2D eigenvalue weighted by molar-refractivity contribution is 6.27. The van der Waals surface area contributed by atoms with E-state index in [0.29, 0.717) is 6.42 Å². The van der Waals surface area contributed by atoms with Crippen molar-refractivity contribution in [3.05, 3.63) is 71.8 Å². The quantitative estimate of drug-likeness (QED) is 0.411. The maximum Gasteiger partial charge on any atom is 0.328 e. The molecule has 6 nitrogen and oxygen atoms in total. The van der Waals surface area contributed by atoms with Gasteiger partial charge in [0.25, 0.3) is 0 Å². The summed E-state index contributed by atoms with van der Waals surface area (Å²) < 4.78 is 5.43. The fourth-order valence-corrected chi connectivity index (χ4v) is 3.16. The number of carbonyl (C=O) groups is 3. The van der Waals surface area contributed by atoms with Crippen molar-refractivity contribution in [2.24, 2.45) is 5.92 Å². The number of hydrogen-bond donors (Lipinski definition) is 2. The van der Waals surface area contributed by atoms with Gasteiger partial charge in [-0.25, -0.2) is 4.79 Å². The summed E-state index contributed by atoms with van der Waals surface area (Å²) >= 11 is 5.61. The van der Waals surface area contributed by atoms with Crippen molar-refractivity contribution < 1.29 is 19.1 Å². The molecule has 0 heterocycles. The third-order valence-corrected chi connectivity index (χ3v) is 4.83. The molecule has 0 bridgehead atoms. The van der Waals surface area contributed by atoms with E-state index in [1.165, 1.54) is 0 Å². The van der Waals surface area contributed by atoms with Gasteiger partial charge < -0.3 is 15.4 Å². The van der Waals surface area contributed by atoms with Crippen molar-refractivity contribution in [3.8, 4) is 0 Å². The van der Waals surface area contributed by atoms with E-state index in [-0.39, 0.29) is 24.8 Å². The van der Waals surface area contributed by atoms with E-state index in [4.69, 9.17) is 16.3 Å². The summed E-state index contributed by atoms with van der Waals surface area (Å²) in [5, 5.41) is 5.40. The topological polar surface area (TPSA) is 84.5 Å². The van der Waals surface area contributed by atoms with Crippen LogP contribution in [0.25, 0.3) is 0 Å². The number of nitrogens with one attached hydrogen (secondary N) is 2. The zero-order valence-electron chi connectivity index (χ0n) is 17.8. The van der Waals surface area contributed by atoms with Crippen molar-refractivity contribution in [2.45, 2.75) is 45.4 Å². The molecule has 2 rings (SSSR count). The second kappa shape index (κ2) is 12.7. The van der Waals surface area contributed by atoms with Gasteiger partial charge in [-0.1, -0.05) is 74.5 Å². The normalized spacial score (nSPS) is 12.6. The van der Waals surface area contributed by atoms with Crippen LogP contribution in [-0.2, 0) is 32.1 Å². The molecule has 2 aromatic carbocycles. The Hall–Kier alpha value is -2.86. The molecular formula is C24H29ClN2O4. The van der Waals surface area contributed by atoms with Gasteiger partial charge in [0.2, 0.25) is 11.8 Å². The predicted octanol–water partition coefficient (Wildman–Crippen LogP) is 3.23. The van der Waals surface area contributed by atoms with Crippen LogP contribution in [0.3, 0.4) is 0 Å². The zero-order chi connectivity index (χ0) is 22.6. The highest BCUT2D eigenvalue weighted by Gasteiger charge is 2.28. The Morgan fingerprint density at radius 3 is 2.00 bits per heavy atom. The van der Waals surface area contributed by atoms with E-state index < -0.39 is 29.9 Å². The number of rotatable bonds is 11. The monoisotopic (exact) mass is 444 g/mol. The number of benzene rings is 2. The lowest BCUT2D eigenvalue weighted by atomic mass is 10.0. The first-order valence-corrected chi connectivity index (χ1v) is 10.8. The lowest BCUT2D eigenvalue weighted by molar-refractivity contribution is -0.149. The minimum Gasteiger partial charge on any atom is -0.459 e. The van der Waals surface area contributed by atoms with Crippen LogP contribution in [0, 0.1) is 5.92 Å². The molecule has 0 aliphatic heterocycles. The van der Waals surface area contributed by atoms with E-state index in [2.05, 4.69) is 10.6 Å². The third kappa shape index (κ3) is 8.80. The van der Waals surface area contributed by atoms with Crippen LogP contribution in [-0.4, -0.2) is 35.7 Å². The molecule has 0 fully saturated rings. The van der Waals surface area contributed by atoms with E-state index in [1.807, 2.05) is 74.5 Å². The largest absolute Gasteiger partial charge is 0.459 e. The molecular weight excluding hydrogens is 416 g/mol. The molecule has 2 N–H and O–H groups in total. The molecule has 0 radical (unpaired) electrons. The van der Waals surface area contributed by atoms with Gasteiger partial charge in [0, 0.05) is 6.42 Å². The number of ether oxygens (including phenoxy) is 1. The number of hydrogen-bond acceptors (Lipinski definition) is 4. The molecule has 7 heteroatoms. The smallest absolute Gasteiger partial charge is 0.328 e. The molecule has 166 valence electrons. The van der Waals surface area contributed by atoms with Crippen molar-refractivity contribution in [2.75, 3.05) is 5.88 Å². The standard InChI is InChI=1S/C24H29ClN2O4/c1-17(2)13-21(24(30)31-16-19-11-7-4-8-12-19)27-23(29)20(26-22(28)15-25)14-18-9-5-3-6-10-18/h3-12,17,20-21H,13-16H2,1-2H3,(H,26,28)(H,27,29)/t20-,21-/m1/s1. The van der Waals surface area contributed by atoms with Gasteiger partial charge in [-0.3, -0.25) is 9.59 Å². The Morgan fingerprint density at radius 1 is 0.871 bits per heavy atom. The maximum absolute atomic E-state index is 13.0. The second-order valence-electron chi connectivity index (χ2n) is 7.73. The van der Waals surface area contributed by atoms with Crippen LogP contribution in [0.1, 0.15) is 31.4 Å². The lowest BCUT2D eigenvalue weighted by Crippen LogP contribution is -2.53. The van der Waals surface area contributed by atoms with E-state index >= 15 is 0 Å². The summed E-state index contributed by atoms with van der Waals surface area (Å²) in [5.74, 6) is -1.52. The van der Waals surface area contributed by atoms with Gasteiger partial charge in [0.1, 0.15) is 24.6 Å². The molecule has 0 saturated heterocycles. The van der Waals surface area contributed by atoms with Crippen molar-refractivity contribution in [1.82, 2.24) is 10.6 Å². The summed E-state index contributed by atoms with van der Waals surface area (Å²) in [6.45, 7) is 4.04. The molecule has 31 heavy (non-hydrogen) atoms. The average Bonchev–Trinajstić information content (AvgIpc) is 2.77. The minimum atomic E-state index is -0.856. The number of halogens is 1. The fourth-order valence-electron chi connectivity index (χ4n) is 3.08. The Kier molecular flexibility index (Phi) is 10.0. The molecule has 0 unspecified atom stereocenters. The second-order valence-corrected chi connectivity index (χ2v) is 7.99. The molecule has 0 aromatic heterocycles. The first-order valence-electron chi connectivity index (χ1n) is 10.3. The summed E-state index contributed by atoms with van der Waals surface area (Å²) in [4.78, 5) is 37.6. The van der Waals surface area contributed by atoms with Crippen LogP contribution < -0.4 is 10.6 Å². The Balaban J connectivity index is 2.08. The van der Waals surface area contributed by atoms with Gasteiger partial charge in [-0.15, -0.1) is 11.6 Å². The van der Waals surface area contributed by atoms with Gasteiger partial charge in [-0.2, -0.15) is 0 Å². The van der Waals surface area contributed by atoms with Crippen molar-refractivity contribution in [3.63, 3.8) is 0 Å². The predicted molar refractivity (Wildman–Crippen MR) is 120 cm³/mol. The SMILES string of the molecule is CC(C)C[C@@H](NC(=O)[C@@H](Cc1ccccc1)NC(=O)CCl)C(=O)OCc1ccccc1. The number of carbonyl (C=O) groups excluding carboxylic acids is 3.